The first-order valence-corrected chi connectivity index (χ1v) is 7.41. The molecule has 96 valence electrons. The van der Waals surface area contributed by atoms with E-state index >= 15 is 0 Å². The second kappa shape index (κ2) is 5.87. The summed E-state index contributed by atoms with van der Waals surface area (Å²) in [7, 11) is 0. The Labute approximate surface area is 106 Å². The fourth-order valence-electron chi connectivity index (χ4n) is 3.69. The van der Waals surface area contributed by atoms with Crippen molar-refractivity contribution in [1.29, 1.82) is 5.26 Å². The Hall–Kier alpha value is -0.550. The van der Waals surface area contributed by atoms with Gasteiger partial charge in [-0.2, -0.15) is 5.26 Å². The van der Waals surface area contributed by atoms with E-state index in [9.17, 15) is 0 Å². The lowest BCUT2D eigenvalue weighted by molar-refractivity contribution is 0.0746. The molecule has 17 heavy (non-hydrogen) atoms. The monoisotopic (exact) mass is 234 g/mol. The minimum absolute atomic E-state index is 0.362. The molecule has 0 unspecified atom stereocenters. The zero-order valence-corrected chi connectivity index (χ0v) is 11.2. The molecule has 1 saturated heterocycles. The summed E-state index contributed by atoms with van der Waals surface area (Å²) in [6, 6.07) is 3.24. The molecule has 2 nitrogen and oxygen atoms in total. The Morgan fingerprint density at radius 2 is 1.82 bits per heavy atom. The largest absolute Gasteiger partial charge is 0.300 e. The molecule has 2 aliphatic rings. The zero-order chi connectivity index (χ0) is 12.1. The van der Waals surface area contributed by atoms with Crippen molar-refractivity contribution in [3.63, 3.8) is 0 Å². The summed E-state index contributed by atoms with van der Waals surface area (Å²) in [5.74, 6) is 0. The van der Waals surface area contributed by atoms with E-state index in [1.54, 1.807) is 0 Å². The summed E-state index contributed by atoms with van der Waals surface area (Å²) < 4.78 is 0. The fourth-order valence-corrected chi connectivity index (χ4v) is 3.69. The summed E-state index contributed by atoms with van der Waals surface area (Å²) in [4.78, 5) is 2.72. The van der Waals surface area contributed by atoms with Gasteiger partial charge in [-0.25, -0.2) is 0 Å². The van der Waals surface area contributed by atoms with E-state index in [0.717, 1.165) is 12.5 Å². The van der Waals surface area contributed by atoms with E-state index in [0.29, 0.717) is 5.41 Å². The van der Waals surface area contributed by atoms with E-state index in [2.05, 4.69) is 17.9 Å². The molecule has 1 aliphatic heterocycles. The van der Waals surface area contributed by atoms with Gasteiger partial charge in [-0.1, -0.05) is 13.3 Å². The smallest absolute Gasteiger partial charge is 0.0627 e. The third kappa shape index (κ3) is 3.01. The molecule has 1 saturated carbocycles. The summed E-state index contributed by atoms with van der Waals surface area (Å²) in [6.45, 7) is 4.91. The standard InChI is InChI=1S/C15H26N2/c1-2-15(10-11-16)8-6-14(7-9-15)17-12-4-3-5-13-17/h14H,2-10,12-13H2,1H3/t14-,15+. The number of rotatable bonds is 3. The van der Waals surface area contributed by atoms with Crippen LogP contribution in [-0.4, -0.2) is 24.0 Å². The minimum atomic E-state index is 0.362. The van der Waals surface area contributed by atoms with Gasteiger partial charge in [0.15, 0.2) is 0 Å². The van der Waals surface area contributed by atoms with Crippen molar-refractivity contribution in [3.05, 3.63) is 0 Å². The maximum absolute atomic E-state index is 8.97. The summed E-state index contributed by atoms with van der Waals surface area (Å²) in [5.41, 5.74) is 0.362. The quantitative estimate of drug-likeness (QED) is 0.744. The molecule has 0 aromatic rings. The maximum Gasteiger partial charge on any atom is 0.0627 e. The van der Waals surface area contributed by atoms with Crippen LogP contribution in [0.5, 0.6) is 0 Å². The number of hydrogen-bond donors (Lipinski definition) is 0. The normalized spacial score (nSPS) is 35.4. The van der Waals surface area contributed by atoms with Crippen LogP contribution in [0.1, 0.15) is 64.7 Å². The summed E-state index contributed by atoms with van der Waals surface area (Å²) in [6.07, 6.45) is 11.4. The van der Waals surface area contributed by atoms with E-state index < -0.39 is 0 Å². The van der Waals surface area contributed by atoms with Crippen molar-refractivity contribution in [1.82, 2.24) is 4.90 Å². The molecular formula is C15H26N2. The Morgan fingerprint density at radius 3 is 2.35 bits per heavy atom. The molecule has 1 aliphatic carbocycles. The van der Waals surface area contributed by atoms with Gasteiger partial charge in [0.25, 0.3) is 0 Å². The Kier molecular flexibility index (Phi) is 4.45. The highest BCUT2D eigenvalue weighted by atomic mass is 15.2. The molecule has 0 amide bonds. The lowest BCUT2D eigenvalue weighted by Gasteiger charge is -2.43. The Morgan fingerprint density at radius 1 is 1.18 bits per heavy atom. The van der Waals surface area contributed by atoms with Crippen molar-refractivity contribution in [2.45, 2.75) is 70.8 Å². The molecule has 2 heteroatoms. The summed E-state index contributed by atoms with van der Waals surface area (Å²) in [5, 5.41) is 8.97. The van der Waals surface area contributed by atoms with Crippen molar-refractivity contribution >= 4 is 0 Å². The minimum Gasteiger partial charge on any atom is -0.300 e. The molecule has 0 atom stereocenters. The van der Waals surface area contributed by atoms with Crippen molar-refractivity contribution in [2.24, 2.45) is 5.41 Å². The van der Waals surface area contributed by atoms with Crippen LogP contribution in [0, 0.1) is 16.7 Å². The average Bonchev–Trinajstić information content (AvgIpc) is 2.41. The maximum atomic E-state index is 8.97. The van der Waals surface area contributed by atoms with E-state index in [1.807, 2.05) is 0 Å². The van der Waals surface area contributed by atoms with E-state index in [1.165, 1.54) is 64.5 Å². The first kappa shape index (κ1) is 12.9. The Balaban J connectivity index is 1.86. The average molecular weight is 234 g/mol. The van der Waals surface area contributed by atoms with Crippen LogP contribution in [0.25, 0.3) is 0 Å². The van der Waals surface area contributed by atoms with Gasteiger partial charge in [0, 0.05) is 12.5 Å². The van der Waals surface area contributed by atoms with Gasteiger partial charge in [-0.05, 0) is 63.5 Å². The van der Waals surface area contributed by atoms with Crippen LogP contribution in [0.15, 0.2) is 0 Å². The van der Waals surface area contributed by atoms with Crippen LogP contribution in [0.4, 0.5) is 0 Å². The van der Waals surface area contributed by atoms with Gasteiger partial charge in [-0.15, -0.1) is 0 Å². The lowest BCUT2D eigenvalue weighted by Crippen LogP contribution is -2.43. The third-order valence-electron chi connectivity index (χ3n) is 5.13. The highest BCUT2D eigenvalue weighted by Crippen LogP contribution is 2.43. The van der Waals surface area contributed by atoms with Crippen LogP contribution < -0.4 is 0 Å². The van der Waals surface area contributed by atoms with Gasteiger partial charge in [0.2, 0.25) is 0 Å². The van der Waals surface area contributed by atoms with Gasteiger partial charge < -0.3 is 4.90 Å². The second-order valence-corrected chi connectivity index (χ2v) is 6.02. The van der Waals surface area contributed by atoms with E-state index in [-0.39, 0.29) is 0 Å². The third-order valence-corrected chi connectivity index (χ3v) is 5.13. The van der Waals surface area contributed by atoms with Crippen LogP contribution in [0.3, 0.4) is 0 Å². The van der Waals surface area contributed by atoms with Crippen molar-refractivity contribution in [3.8, 4) is 6.07 Å². The Bertz CT molecular complexity index is 265. The first-order valence-electron chi connectivity index (χ1n) is 7.41. The molecule has 0 aromatic carbocycles. The number of likely N-dealkylation sites (tertiary alicyclic amines) is 1. The number of hydrogen-bond acceptors (Lipinski definition) is 2. The molecule has 0 aromatic heterocycles. The van der Waals surface area contributed by atoms with Crippen LogP contribution in [0.2, 0.25) is 0 Å². The lowest BCUT2D eigenvalue weighted by atomic mass is 9.69. The van der Waals surface area contributed by atoms with Gasteiger partial charge in [0.05, 0.1) is 6.07 Å². The molecule has 0 spiro atoms. The first-order chi connectivity index (χ1) is 8.29. The highest BCUT2D eigenvalue weighted by Gasteiger charge is 2.35. The SMILES string of the molecule is CC[C@]1(CC#N)CC[C@@H](N2CCCCC2)CC1. The van der Waals surface area contributed by atoms with Gasteiger partial charge in [-0.3, -0.25) is 0 Å². The zero-order valence-electron chi connectivity index (χ0n) is 11.2. The molecule has 0 radical (unpaired) electrons. The van der Waals surface area contributed by atoms with Crippen LogP contribution >= 0.6 is 0 Å². The van der Waals surface area contributed by atoms with Crippen molar-refractivity contribution in [2.75, 3.05) is 13.1 Å². The van der Waals surface area contributed by atoms with Crippen molar-refractivity contribution < 1.29 is 0 Å². The van der Waals surface area contributed by atoms with Gasteiger partial charge in [0.1, 0.15) is 0 Å². The predicted octanol–water partition coefficient (Wildman–Crippen LogP) is 3.72. The number of piperidine rings is 1. The topological polar surface area (TPSA) is 27.0 Å². The highest BCUT2D eigenvalue weighted by molar-refractivity contribution is 4.94. The molecule has 2 fully saturated rings. The summed E-state index contributed by atoms with van der Waals surface area (Å²) >= 11 is 0. The predicted molar refractivity (Wildman–Crippen MR) is 70.6 cm³/mol. The molecule has 0 N–H and O–H groups in total. The molecule has 0 bridgehead atoms. The van der Waals surface area contributed by atoms with Crippen LogP contribution in [-0.2, 0) is 0 Å². The number of nitriles is 1. The van der Waals surface area contributed by atoms with E-state index in [4.69, 9.17) is 5.26 Å². The molecule has 2 rings (SSSR count). The number of nitrogens with zero attached hydrogens (tertiary/aromatic N) is 2. The van der Waals surface area contributed by atoms with Gasteiger partial charge >= 0.3 is 0 Å². The molecular weight excluding hydrogens is 208 g/mol. The fraction of sp³-hybridized carbons (Fsp3) is 0.933. The molecule has 1 heterocycles. The second-order valence-electron chi connectivity index (χ2n) is 6.02.